The first kappa shape index (κ1) is 12.3. The minimum Gasteiger partial charge on any atom is -0.383 e. The summed E-state index contributed by atoms with van der Waals surface area (Å²) in [7, 11) is 3.45. The maximum atomic E-state index is 5.50. The van der Waals surface area contributed by atoms with Crippen molar-refractivity contribution >= 4 is 5.96 Å². The molecule has 0 amide bonds. The Morgan fingerprint density at radius 2 is 2.40 bits per heavy atom. The quantitative estimate of drug-likeness (QED) is 0.384. The van der Waals surface area contributed by atoms with E-state index >= 15 is 0 Å². The van der Waals surface area contributed by atoms with E-state index in [2.05, 4.69) is 15.6 Å². The van der Waals surface area contributed by atoms with E-state index in [0.717, 1.165) is 32.1 Å². The summed E-state index contributed by atoms with van der Waals surface area (Å²) in [6.45, 7) is 3.16. The van der Waals surface area contributed by atoms with Gasteiger partial charge in [-0.05, 0) is 12.8 Å². The van der Waals surface area contributed by atoms with Crippen molar-refractivity contribution in [3.8, 4) is 0 Å². The summed E-state index contributed by atoms with van der Waals surface area (Å²) >= 11 is 0. The zero-order chi connectivity index (χ0) is 10.9. The van der Waals surface area contributed by atoms with Gasteiger partial charge < -0.3 is 20.1 Å². The first-order valence-electron chi connectivity index (χ1n) is 5.42. The molecule has 0 bridgehead atoms. The maximum Gasteiger partial charge on any atom is 0.191 e. The summed E-state index contributed by atoms with van der Waals surface area (Å²) in [5, 5.41) is 6.38. The van der Waals surface area contributed by atoms with Crippen LogP contribution in [-0.2, 0) is 9.47 Å². The molecule has 1 rings (SSSR count). The smallest absolute Gasteiger partial charge is 0.191 e. The minimum absolute atomic E-state index is 0.339. The SMILES string of the molecule is CN=C(NCCOC)NCC1CCCO1. The van der Waals surface area contributed by atoms with Crippen LogP contribution >= 0.6 is 0 Å². The molecule has 0 saturated carbocycles. The van der Waals surface area contributed by atoms with Gasteiger partial charge in [-0.25, -0.2) is 0 Å². The topological polar surface area (TPSA) is 54.9 Å². The van der Waals surface area contributed by atoms with E-state index in [1.54, 1.807) is 14.2 Å². The van der Waals surface area contributed by atoms with Gasteiger partial charge in [0.05, 0.1) is 12.7 Å². The molecule has 1 atom stereocenters. The largest absolute Gasteiger partial charge is 0.383 e. The Hall–Kier alpha value is -0.810. The Bertz CT molecular complexity index is 191. The first-order valence-corrected chi connectivity index (χ1v) is 5.42. The van der Waals surface area contributed by atoms with Gasteiger partial charge in [-0.3, -0.25) is 4.99 Å². The molecule has 0 aromatic carbocycles. The van der Waals surface area contributed by atoms with E-state index in [4.69, 9.17) is 9.47 Å². The molecule has 2 N–H and O–H groups in total. The molecule has 1 aliphatic rings. The molecule has 1 aliphatic heterocycles. The molecule has 5 heteroatoms. The average molecular weight is 215 g/mol. The summed E-state index contributed by atoms with van der Waals surface area (Å²) in [6.07, 6.45) is 2.65. The van der Waals surface area contributed by atoms with E-state index in [0.29, 0.717) is 12.7 Å². The normalized spacial score (nSPS) is 21.7. The maximum absolute atomic E-state index is 5.50. The average Bonchev–Trinajstić information content (AvgIpc) is 2.76. The van der Waals surface area contributed by atoms with E-state index in [-0.39, 0.29) is 0 Å². The second-order valence-corrected chi connectivity index (χ2v) is 3.51. The van der Waals surface area contributed by atoms with Crippen molar-refractivity contribution in [1.82, 2.24) is 10.6 Å². The molecule has 1 fully saturated rings. The number of nitrogens with zero attached hydrogens (tertiary/aromatic N) is 1. The van der Waals surface area contributed by atoms with Crippen molar-refractivity contribution in [2.75, 3.05) is 40.5 Å². The zero-order valence-corrected chi connectivity index (χ0v) is 9.58. The Balaban J connectivity index is 2.10. The number of hydrogen-bond donors (Lipinski definition) is 2. The summed E-state index contributed by atoms with van der Waals surface area (Å²) in [5.74, 6) is 0.808. The lowest BCUT2D eigenvalue weighted by molar-refractivity contribution is 0.113. The van der Waals surface area contributed by atoms with Crippen molar-refractivity contribution in [2.45, 2.75) is 18.9 Å². The lowest BCUT2D eigenvalue weighted by Gasteiger charge is -2.14. The lowest BCUT2D eigenvalue weighted by Crippen LogP contribution is -2.42. The molecule has 0 aromatic heterocycles. The van der Waals surface area contributed by atoms with E-state index in [1.165, 1.54) is 6.42 Å². The van der Waals surface area contributed by atoms with Crippen LogP contribution in [-0.4, -0.2) is 52.5 Å². The van der Waals surface area contributed by atoms with Crippen LogP contribution < -0.4 is 10.6 Å². The van der Waals surface area contributed by atoms with Crippen molar-refractivity contribution in [3.63, 3.8) is 0 Å². The van der Waals surface area contributed by atoms with E-state index in [1.807, 2.05) is 0 Å². The summed E-state index contributed by atoms with van der Waals surface area (Å²) in [4.78, 5) is 4.10. The highest BCUT2D eigenvalue weighted by atomic mass is 16.5. The third-order valence-electron chi connectivity index (χ3n) is 2.34. The second-order valence-electron chi connectivity index (χ2n) is 3.51. The van der Waals surface area contributed by atoms with Crippen LogP contribution in [0.15, 0.2) is 4.99 Å². The van der Waals surface area contributed by atoms with Crippen molar-refractivity contribution < 1.29 is 9.47 Å². The highest BCUT2D eigenvalue weighted by Crippen LogP contribution is 2.10. The van der Waals surface area contributed by atoms with Crippen LogP contribution in [0.4, 0.5) is 0 Å². The number of hydrogen-bond acceptors (Lipinski definition) is 3. The van der Waals surface area contributed by atoms with Gasteiger partial charge in [0, 0.05) is 33.9 Å². The predicted molar refractivity (Wildman–Crippen MR) is 60.2 cm³/mol. The highest BCUT2D eigenvalue weighted by Gasteiger charge is 2.15. The number of aliphatic imine (C=N–C) groups is 1. The molecule has 15 heavy (non-hydrogen) atoms. The van der Waals surface area contributed by atoms with Gasteiger partial charge in [0.25, 0.3) is 0 Å². The van der Waals surface area contributed by atoms with Crippen LogP contribution in [0, 0.1) is 0 Å². The molecule has 88 valence electrons. The van der Waals surface area contributed by atoms with Gasteiger partial charge in [0.1, 0.15) is 0 Å². The third-order valence-corrected chi connectivity index (χ3v) is 2.34. The molecule has 0 radical (unpaired) electrons. The number of guanidine groups is 1. The fraction of sp³-hybridized carbons (Fsp3) is 0.900. The molecular formula is C10H21N3O2. The Labute approximate surface area is 91.2 Å². The van der Waals surface area contributed by atoms with Gasteiger partial charge in [-0.1, -0.05) is 0 Å². The Morgan fingerprint density at radius 1 is 1.53 bits per heavy atom. The third kappa shape index (κ3) is 4.99. The van der Waals surface area contributed by atoms with Crippen LogP contribution in [0.1, 0.15) is 12.8 Å². The zero-order valence-electron chi connectivity index (χ0n) is 9.58. The van der Waals surface area contributed by atoms with Gasteiger partial charge in [-0.2, -0.15) is 0 Å². The summed E-state index contributed by atoms with van der Waals surface area (Å²) < 4.78 is 10.4. The van der Waals surface area contributed by atoms with Crippen LogP contribution in [0.2, 0.25) is 0 Å². The van der Waals surface area contributed by atoms with Gasteiger partial charge in [0.2, 0.25) is 0 Å². The van der Waals surface area contributed by atoms with Gasteiger partial charge >= 0.3 is 0 Å². The van der Waals surface area contributed by atoms with Crippen LogP contribution in [0.5, 0.6) is 0 Å². The Kier molecular flexibility index (Phi) is 6.11. The predicted octanol–water partition coefficient (Wildman–Crippen LogP) is -0.0232. The fourth-order valence-corrected chi connectivity index (χ4v) is 1.51. The van der Waals surface area contributed by atoms with E-state index in [9.17, 15) is 0 Å². The monoisotopic (exact) mass is 215 g/mol. The standard InChI is InChI=1S/C10H21N3O2/c1-11-10(12-5-7-14-2)13-8-9-4-3-6-15-9/h9H,3-8H2,1-2H3,(H2,11,12,13). The van der Waals surface area contributed by atoms with Gasteiger partial charge in [-0.15, -0.1) is 0 Å². The molecule has 0 spiro atoms. The summed E-state index contributed by atoms with van der Waals surface area (Å²) in [6, 6.07) is 0. The molecule has 0 aliphatic carbocycles. The van der Waals surface area contributed by atoms with E-state index < -0.39 is 0 Å². The lowest BCUT2D eigenvalue weighted by atomic mass is 10.2. The second kappa shape index (κ2) is 7.48. The molecule has 1 unspecified atom stereocenters. The number of nitrogens with one attached hydrogen (secondary N) is 2. The Morgan fingerprint density at radius 3 is 3.00 bits per heavy atom. The minimum atomic E-state index is 0.339. The number of methoxy groups -OCH3 is 1. The van der Waals surface area contributed by atoms with Crippen molar-refractivity contribution in [1.29, 1.82) is 0 Å². The molecule has 1 saturated heterocycles. The summed E-state index contributed by atoms with van der Waals surface area (Å²) in [5.41, 5.74) is 0. The number of ether oxygens (including phenoxy) is 2. The molecule has 0 aromatic rings. The van der Waals surface area contributed by atoms with Crippen LogP contribution in [0.25, 0.3) is 0 Å². The number of rotatable bonds is 5. The highest BCUT2D eigenvalue weighted by molar-refractivity contribution is 5.79. The fourth-order valence-electron chi connectivity index (χ4n) is 1.51. The van der Waals surface area contributed by atoms with Gasteiger partial charge in [0.15, 0.2) is 5.96 Å². The molecule has 1 heterocycles. The molecule has 5 nitrogen and oxygen atoms in total. The molecular weight excluding hydrogens is 194 g/mol. The first-order chi connectivity index (χ1) is 7.36. The van der Waals surface area contributed by atoms with Crippen LogP contribution in [0.3, 0.4) is 0 Å². The van der Waals surface area contributed by atoms with Crippen molar-refractivity contribution in [2.24, 2.45) is 4.99 Å². The van der Waals surface area contributed by atoms with Crippen molar-refractivity contribution in [3.05, 3.63) is 0 Å².